The molecule has 1 heterocycles. The Kier molecular flexibility index (Phi) is 3.99. The number of ether oxygens (including phenoxy) is 1. The predicted octanol–water partition coefficient (Wildman–Crippen LogP) is 2.80. The summed E-state index contributed by atoms with van der Waals surface area (Å²) >= 11 is 0. The zero-order valence-corrected chi connectivity index (χ0v) is 14.3. The van der Waals surface area contributed by atoms with Crippen molar-refractivity contribution in [1.29, 1.82) is 0 Å². The Balaban J connectivity index is 1.72. The summed E-state index contributed by atoms with van der Waals surface area (Å²) in [6.45, 7) is 1.36. The quantitative estimate of drug-likeness (QED) is 0.524. The molecule has 26 heavy (non-hydrogen) atoms. The maximum atomic E-state index is 11.5. The molecule has 0 amide bonds. The van der Waals surface area contributed by atoms with Gasteiger partial charge >= 0.3 is 5.97 Å². The van der Waals surface area contributed by atoms with Gasteiger partial charge in [0.05, 0.1) is 12.0 Å². The van der Waals surface area contributed by atoms with E-state index in [9.17, 15) is 14.7 Å². The first-order chi connectivity index (χ1) is 12.5. The molecule has 0 spiro atoms. The number of carbonyl (C=O) groups is 2. The summed E-state index contributed by atoms with van der Waals surface area (Å²) in [4.78, 5) is 22.6. The number of hydrogen-bond donors (Lipinski definition) is 1. The molecule has 3 atom stereocenters. The fourth-order valence-corrected chi connectivity index (χ4v) is 4.03. The third kappa shape index (κ3) is 2.75. The highest BCUT2D eigenvalue weighted by atomic mass is 16.5. The lowest BCUT2D eigenvalue weighted by Crippen LogP contribution is -2.32. The Labute approximate surface area is 151 Å². The van der Waals surface area contributed by atoms with E-state index in [0.29, 0.717) is 17.4 Å². The minimum Gasteiger partial charge on any atom is -0.545 e. The molecular weight excluding hydrogens is 330 g/mol. The van der Waals surface area contributed by atoms with Crippen LogP contribution in [0.25, 0.3) is 0 Å². The number of fused-ring (bicyclic) bond motifs is 3. The van der Waals surface area contributed by atoms with Gasteiger partial charge < -0.3 is 20.0 Å². The number of rotatable bonds is 3. The first-order valence-corrected chi connectivity index (χ1v) is 8.60. The molecule has 0 fully saturated rings. The lowest BCUT2D eigenvalue weighted by Gasteiger charge is -2.38. The average molecular weight is 348 g/mol. The SMILES string of the molecule is CC(=O)Oc1ccc([C@H]2Nc3c(C(=O)[O-])cccc3[C@H]3C=CC[C@@H]32)cc1. The van der Waals surface area contributed by atoms with Gasteiger partial charge in [-0.05, 0) is 35.6 Å². The highest BCUT2D eigenvalue weighted by Gasteiger charge is 2.38. The van der Waals surface area contributed by atoms with E-state index in [0.717, 1.165) is 17.5 Å². The molecule has 1 aliphatic carbocycles. The molecule has 0 aromatic heterocycles. The molecule has 2 aromatic carbocycles. The number of para-hydroxylation sites is 1. The van der Waals surface area contributed by atoms with Crippen LogP contribution < -0.4 is 15.2 Å². The van der Waals surface area contributed by atoms with Crippen LogP contribution in [-0.4, -0.2) is 11.9 Å². The zero-order valence-electron chi connectivity index (χ0n) is 14.3. The summed E-state index contributed by atoms with van der Waals surface area (Å²) in [5.74, 6) is -0.573. The molecule has 0 saturated heterocycles. The van der Waals surface area contributed by atoms with Crippen LogP contribution >= 0.6 is 0 Å². The molecule has 132 valence electrons. The van der Waals surface area contributed by atoms with Gasteiger partial charge in [0, 0.05) is 24.1 Å². The molecule has 1 aliphatic heterocycles. The molecule has 0 unspecified atom stereocenters. The van der Waals surface area contributed by atoms with Crippen molar-refractivity contribution in [2.75, 3.05) is 5.32 Å². The van der Waals surface area contributed by atoms with E-state index in [-0.39, 0.29) is 23.5 Å². The molecule has 0 bridgehead atoms. The first kappa shape index (κ1) is 16.4. The van der Waals surface area contributed by atoms with E-state index in [1.54, 1.807) is 24.3 Å². The topological polar surface area (TPSA) is 78.5 Å². The van der Waals surface area contributed by atoms with E-state index in [1.807, 2.05) is 18.2 Å². The monoisotopic (exact) mass is 348 g/mol. The number of carbonyl (C=O) groups excluding carboxylic acids is 2. The van der Waals surface area contributed by atoms with Gasteiger partial charge in [-0.25, -0.2) is 0 Å². The van der Waals surface area contributed by atoms with E-state index in [1.165, 1.54) is 6.92 Å². The first-order valence-electron chi connectivity index (χ1n) is 8.60. The molecular formula is C21H18NO4-. The van der Waals surface area contributed by atoms with Crippen LogP contribution in [0.4, 0.5) is 5.69 Å². The van der Waals surface area contributed by atoms with Gasteiger partial charge in [0.25, 0.3) is 0 Å². The van der Waals surface area contributed by atoms with Crippen LogP contribution in [0.1, 0.15) is 46.8 Å². The Morgan fingerprint density at radius 3 is 2.62 bits per heavy atom. The second-order valence-electron chi connectivity index (χ2n) is 6.70. The summed E-state index contributed by atoms with van der Waals surface area (Å²) in [6.07, 6.45) is 5.23. The summed E-state index contributed by atoms with van der Waals surface area (Å²) in [6, 6.07) is 12.6. The maximum absolute atomic E-state index is 11.5. The molecule has 5 heteroatoms. The van der Waals surface area contributed by atoms with Gasteiger partial charge in [0.15, 0.2) is 0 Å². The Morgan fingerprint density at radius 2 is 1.92 bits per heavy atom. The molecule has 0 saturated carbocycles. The summed E-state index contributed by atoms with van der Waals surface area (Å²) < 4.78 is 5.09. The van der Waals surface area contributed by atoms with E-state index in [2.05, 4.69) is 17.5 Å². The number of benzene rings is 2. The maximum Gasteiger partial charge on any atom is 0.308 e. The van der Waals surface area contributed by atoms with E-state index in [4.69, 9.17) is 4.74 Å². The van der Waals surface area contributed by atoms with Gasteiger partial charge in [-0.1, -0.05) is 42.5 Å². The minimum atomic E-state index is -1.18. The van der Waals surface area contributed by atoms with Gasteiger partial charge in [-0.3, -0.25) is 4.79 Å². The number of nitrogens with one attached hydrogen (secondary N) is 1. The van der Waals surface area contributed by atoms with Crippen molar-refractivity contribution in [3.63, 3.8) is 0 Å². The van der Waals surface area contributed by atoms with Crippen LogP contribution in [0.2, 0.25) is 0 Å². The fourth-order valence-electron chi connectivity index (χ4n) is 4.03. The zero-order chi connectivity index (χ0) is 18.3. The molecule has 0 radical (unpaired) electrons. The van der Waals surface area contributed by atoms with Gasteiger partial charge in [-0.15, -0.1) is 0 Å². The minimum absolute atomic E-state index is 0.0330. The molecule has 2 aromatic rings. The third-order valence-electron chi connectivity index (χ3n) is 5.12. The largest absolute Gasteiger partial charge is 0.545 e. The van der Waals surface area contributed by atoms with Crippen molar-refractivity contribution >= 4 is 17.6 Å². The Hall–Kier alpha value is -3.08. The number of allylic oxidation sites excluding steroid dienone is 2. The van der Waals surface area contributed by atoms with E-state index >= 15 is 0 Å². The summed E-state index contributed by atoms with van der Waals surface area (Å²) in [5, 5.41) is 15.0. The number of hydrogen-bond acceptors (Lipinski definition) is 5. The average Bonchev–Trinajstić information content (AvgIpc) is 3.10. The second-order valence-corrected chi connectivity index (χ2v) is 6.70. The molecule has 4 rings (SSSR count). The summed E-state index contributed by atoms with van der Waals surface area (Å²) in [5.41, 5.74) is 2.84. The van der Waals surface area contributed by atoms with Crippen LogP contribution in [0.5, 0.6) is 5.75 Å². The summed E-state index contributed by atoms with van der Waals surface area (Å²) in [7, 11) is 0. The normalized spacial score (nSPS) is 22.9. The van der Waals surface area contributed by atoms with E-state index < -0.39 is 5.97 Å². The predicted molar refractivity (Wildman–Crippen MR) is 94.9 cm³/mol. The van der Waals surface area contributed by atoms with Gasteiger partial charge in [0.2, 0.25) is 0 Å². The van der Waals surface area contributed by atoms with Crippen molar-refractivity contribution in [3.05, 3.63) is 71.3 Å². The molecule has 5 nitrogen and oxygen atoms in total. The lowest BCUT2D eigenvalue weighted by molar-refractivity contribution is -0.254. The number of anilines is 1. The van der Waals surface area contributed by atoms with Crippen molar-refractivity contribution in [3.8, 4) is 5.75 Å². The number of carboxylic acid groups (broad SMARTS) is 1. The fraction of sp³-hybridized carbons (Fsp3) is 0.238. The highest BCUT2D eigenvalue weighted by Crippen LogP contribution is 2.50. The number of carboxylic acids is 1. The van der Waals surface area contributed by atoms with Crippen molar-refractivity contribution in [2.45, 2.75) is 25.3 Å². The standard InChI is InChI=1S/C21H19NO4/c1-12(23)26-14-10-8-13(9-11-14)19-16-5-2-4-15(16)17-6-3-7-18(21(24)25)20(17)22-19/h2-4,6-11,15-16,19,22H,5H2,1H3,(H,24,25)/p-1/t15-,16-,19+/m0/s1. The van der Waals surface area contributed by atoms with Crippen LogP contribution in [0.15, 0.2) is 54.6 Å². The van der Waals surface area contributed by atoms with Crippen LogP contribution in [0.3, 0.4) is 0 Å². The second kappa shape index (κ2) is 6.33. The highest BCUT2D eigenvalue weighted by molar-refractivity contribution is 5.94. The Morgan fingerprint density at radius 1 is 1.15 bits per heavy atom. The van der Waals surface area contributed by atoms with Crippen LogP contribution in [-0.2, 0) is 4.79 Å². The Bertz CT molecular complexity index is 901. The molecule has 2 aliphatic rings. The van der Waals surface area contributed by atoms with Crippen molar-refractivity contribution in [1.82, 2.24) is 0 Å². The van der Waals surface area contributed by atoms with Gasteiger partial charge in [0.1, 0.15) is 5.75 Å². The lowest BCUT2D eigenvalue weighted by atomic mass is 9.76. The van der Waals surface area contributed by atoms with Crippen LogP contribution in [0, 0.1) is 5.92 Å². The third-order valence-corrected chi connectivity index (χ3v) is 5.12. The number of esters is 1. The van der Waals surface area contributed by atoms with Crippen molar-refractivity contribution < 1.29 is 19.4 Å². The number of aromatic carboxylic acids is 1. The van der Waals surface area contributed by atoms with Gasteiger partial charge in [-0.2, -0.15) is 0 Å². The molecule has 1 N–H and O–H groups in total. The van der Waals surface area contributed by atoms with Crippen molar-refractivity contribution in [2.24, 2.45) is 5.92 Å². The smallest absolute Gasteiger partial charge is 0.308 e.